The first-order valence-corrected chi connectivity index (χ1v) is 10.3. The molecule has 1 fully saturated rings. The Morgan fingerprint density at radius 3 is 2.12 bits per heavy atom. The largest absolute Gasteiger partial charge is 0.339 e. The Labute approximate surface area is 152 Å². The molecule has 1 aromatic carbocycles. The molecule has 1 aliphatic rings. The topological polar surface area (TPSA) is 57.7 Å². The lowest BCUT2D eigenvalue weighted by Gasteiger charge is -2.33. The molecule has 0 unspecified atom stereocenters. The van der Waals surface area contributed by atoms with Crippen LogP contribution in [0.4, 0.5) is 0 Å². The van der Waals surface area contributed by atoms with E-state index < -0.39 is 10.0 Å². The first kappa shape index (κ1) is 19.9. The van der Waals surface area contributed by atoms with Crippen molar-refractivity contribution in [1.29, 1.82) is 0 Å². The Morgan fingerprint density at radius 1 is 1.04 bits per heavy atom. The maximum atomic E-state index is 13.0. The average Bonchev–Trinajstić information content (AvgIpc) is 2.56. The maximum Gasteiger partial charge on any atom is 0.253 e. The summed E-state index contributed by atoms with van der Waals surface area (Å²) in [6, 6.07) is 3.56. The normalized spacial score (nSPS) is 21.4. The predicted octanol–water partition coefficient (Wildman–Crippen LogP) is 3.20. The van der Waals surface area contributed by atoms with E-state index in [1.807, 2.05) is 14.0 Å². The van der Waals surface area contributed by atoms with Crippen molar-refractivity contribution in [3.63, 3.8) is 0 Å². The van der Waals surface area contributed by atoms with Crippen molar-refractivity contribution in [2.45, 2.75) is 57.4 Å². The molecule has 0 spiro atoms. The summed E-state index contributed by atoms with van der Waals surface area (Å²) in [6.45, 7) is 5.88. The lowest BCUT2D eigenvalue weighted by atomic mass is 9.86. The number of carbonyl (C=O) groups is 1. The van der Waals surface area contributed by atoms with Gasteiger partial charge in [-0.25, -0.2) is 12.7 Å². The van der Waals surface area contributed by atoms with Crippen molar-refractivity contribution < 1.29 is 13.2 Å². The summed E-state index contributed by atoms with van der Waals surface area (Å²) in [5, 5.41) is 0. The Hall–Kier alpha value is -1.40. The molecule has 0 aromatic heterocycles. The van der Waals surface area contributed by atoms with Crippen LogP contribution in [0.15, 0.2) is 17.0 Å². The van der Waals surface area contributed by atoms with Crippen LogP contribution < -0.4 is 0 Å². The minimum absolute atomic E-state index is 0.0992. The number of sulfonamides is 1. The van der Waals surface area contributed by atoms with Crippen LogP contribution in [0.5, 0.6) is 0 Å². The van der Waals surface area contributed by atoms with Crippen molar-refractivity contribution >= 4 is 15.9 Å². The molecule has 0 aliphatic heterocycles. The molecule has 1 aliphatic carbocycles. The summed E-state index contributed by atoms with van der Waals surface area (Å²) in [4.78, 5) is 15.0. The van der Waals surface area contributed by atoms with Gasteiger partial charge in [0.1, 0.15) is 0 Å². The van der Waals surface area contributed by atoms with Gasteiger partial charge in [-0.2, -0.15) is 0 Å². The van der Waals surface area contributed by atoms with Gasteiger partial charge in [-0.05, 0) is 68.7 Å². The van der Waals surface area contributed by atoms with Gasteiger partial charge < -0.3 is 4.90 Å². The first-order chi connectivity index (χ1) is 11.6. The van der Waals surface area contributed by atoms with Gasteiger partial charge in [0.15, 0.2) is 0 Å². The summed E-state index contributed by atoms with van der Waals surface area (Å²) >= 11 is 0. The Balaban J connectivity index is 2.36. The Bertz CT molecular complexity index is 748. The van der Waals surface area contributed by atoms with E-state index in [-0.39, 0.29) is 16.8 Å². The van der Waals surface area contributed by atoms with Gasteiger partial charge in [-0.1, -0.05) is 6.92 Å². The molecule has 0 saturated heterocycles. The number of amides is 1. The van der Waals surface area contributed by atoms with E-state index >= 15 is 0 Å². The molecule has 5 nitrogen and oxygen atoms in total. The van der Waals surface area contributed by atoms with E-state index in [1.165, 1.54) is 24.5 Å². The predicted molar refractivity (Wildman–Crippen MR) is 100 cm³/mol. The van der Waals surface area contributed by atoms with Crippen LogP contribution in [0.1, 0.15) is 54.1 Å². The number of nitrogens with zero attached hydrogens (tertiary/aromatic N) is 2. The van der Waals surface area contributed by atoms with Gasteiger partial charge in [0.2, 0.25) is 10.0 Å². The number of hydrogen-bond donors (Lipinski definition) is 0. The van der Waals surface area contributed by atoms with Gasteiger partial charge in [-0.3, -0.25) is 4.79 Å². The lowest BCUT2D eigenvalue weighted by Crippen LogP contribution is -2.39. The van der Waals surface area contributed by atoms with E-state index in [1.54, 1.807) is 17.9 Å². The van der Waals surface area contributed by atoms with Gasteiger partial charge in [0.05, 0.1) is 4.90 Å². The fourth-order valence-electron chi connectivity index (χ4n) is 3.41. The van der Waals surface area contributed by atoms with Crippen LogP contribution in [-0.4, -0.2) is 50.7 Å². The Kier molecular flexibility index (Phi) is 5.94. The van der Waals surface area contributed by atoms with Crippen LogP contribution in [-0.2, 0) is 10.0 Å². The standard InChI is InChI=1S/C19H30N2O3S/c1-13-7-9-17(10-8-13)21(6)19(22)16-11-14(2)15(3)18(12-16)25(23,24)20(4)5/h11-13,17H,7-10H2,1-6H3. The minimum Gasteiger partial charge on any atom is -0.339 e. The summed E-state index contributed by atoms with van der Waals surface area (Å²) in [6.07, 6.45) is 4.29. The van der Waals surface area contributed by atoms with Crippen LogP contribution in [0.2, 0.25) is 0 Å². The third-order valence-corrected chi connectivity index (χ3v) is 7.42. The molecule has 1 aromatic rings. The quantitative estimate of drug-likeness (QED) is 0.822. The fraction of sp³-hybridized carbons (Fsp3) is 0.632. The van der Waals surface area contributed by atoms with Gasteiger partial charge in [0, 0.05) is 32.7 Å². The summed E-state index contributed by atoms with van der Waals surface area (Å²) in [7, 11) is 1.27. The minimum atomic E-state index is -3.58. The number of hydrogen-bond acceptors (Lipinski definition) is 3. The number of aryl methyl sites for hydroxylation is 1. The van der Waals surface area contributed by atoms with Crippen molar-refractivity contribution in [2.24, 2.45) is 5.92 Å². The maximum absolute atomic E-state index is 13.0. The van der Waals surface area contributed by atoms with E-state index in [0.717, 1.165) is 37.2 Å². The zero-order chi connectivity index (χ0) is 18.9. The lowest BCUT2D eigenvalue weighted by molar-refractivity contribution is 0.0679. The summed E-state index contributed by atoms with van der Waals surface area (Å²) < 4.78 is 26.4. The van der Waals surface area contributed by atoms with Crippen LogP contribution in [0.25, 0.3) is 0 Å². The highest BCUT2D eigenvalue weighted by molar-refractivity contribution is 7.89. The number of rotatable bonds is 4. The van der Waals surface area contributed by atoms with Crippen molar-refractivity contribution in [1.82, 2.24) is 9.21 Å². The van der Waals surface area contributed by atoms with Gasteiger partial charge in [-0.15, -0.1) is 0 Å². The fourth-order valence-corrected chi connectivity index (χ4v) is 4.63. The monoisotopic (exact) mass is 366 g/mol. The van der Waals surface area contributed by atoms with Crippen molar-refractivity contribution in [3.05, 3.63) is 28.8 Å². The molecular formula is C19H30N2O3S. The highest BCUT2D eigenvalue weighted by Gasteiger charge is 2.28. The van der Waals surface area contributed by atoms with E-state index in [2.05, 4.69) is 6.92 Å². The smallest absolute Gasteiger partial charge is 0.253 e. The van der Waals surface area contributed by atoms with E-state index in [0.29, 0.717) is 11.1 Å². The summed E-state index contributed by atoms with van der Waals surface area (Å²) in [5.41, 5.74) is 1.96. The van der Waals surface area contributed by atoms with Crippen LogP contribution >= 0.6 is 0 Å². The highest BCUT2D eigenvalue weighted by atomic mass is 32.2. The Morgan fingerprint density at radius 2 is 1.60 bits per heavy atom. The third kappa shape index (κ3) is 4.06. The summed E-state index contributed by atoms with van der Waals surface area (Å²) in [5.74, 6) is 0.621. The highest BCUT2D eigenvalue weighted by Crippen LogP contribution is 2.29. The molecule has 0 N–H and O–H groups in total. The van der Waals surface area contributed by atoms with Crippen LogP contribution in [0.3, 0.4) is 0 Å². The van der Waals surface area contributed by atoms with E-state index in [9.17, 15) is 13.2 Å². The first-order valence-electron chi connectivity index (χ1n) is 8.86. The second-order valence-corrected chi connectivity index (χ2v) is 9.65. The molecule has 1 saturated carbocycles. The zero-order valence-corrected chi connectivity index (χ0v) is 17.0. The van der Waals surface area contributed by atoms with Crippen LogP contribution in [0, 0.1) is 19.8 Å². The second-order valence-electron chi connectivity index (χ2n) is 7.53. The van der Waals surface area contributed by atoms with Crippen molar-refractivity contribution in [3.8, 4) is 0 Å². The molecule has 140 valence electrons. The number of carbonyl (C=O) groups excluding carboxylic acids is 1. The molecule has 0 heterocycles. The molecule has 25 heavy (non-hydrogen) atoms. The van der Waals surface area contributed by atoms with E-state index in [4.69, 9.17) is 0 Å². The average molecular weight is 367 g/mol. The molecule has 0 atom stereocenters. The second kappa shape index (κ2) is 7.46. The van der Waals surface area contributed by atoms with Crippen molar-refractivity contribution in [2.75, 3.05) is 21.1 Å². The SMILES string of the molecule is Cc1cc(C(=O)N(C)C2CCC(C)CC2)cc(S(=O)(=O)N(C)C)c1C. The zero-order valence-electron chi connectivity index (χ0n) is 16.2. The molecule has 0 bridgehead atoms. The third-order valence-electron chi connectivity index (χ3n) is 5.48. The van der Waals surface area contributed by atoms with Gasteiger partial charge in [0.25, 0.3) is 5.91 Å². The molecule has 0 radical (unpaired) electrons. The molecule has 1 amide bonds. The van der Waals surface area contributed by atoms with Gasteiger partial charge >= 0.3 is 0 Å². The molecule has 2 rings (SSSR count). The molecule has 6 heteroatoms. The number of benzene rings is 1. The molecular weight excluding hydrogens is 336 g/mol.